The molecule has 0 heterocycles. The monoisotopic (exact) mass is 278 g/mol. The van der Waals surface area contributed by atoms with Gasteiger partial charge in [0.1, 0.15) is 0 Å². The van der Waals surface area contributed by atoms with Crippen molar-refractivity contribution in [3.8, 4) is 0 Å². The third-order valence-electron chi connectivity index (χ3n) is 5.51. The van der Waals surface area contributed by atoms with Crippen LogP contribution in [-0.4, -0.2) is 7.85 Å². The largest absolute Gasteiger partial charge is 0.0851 e. The van der Waals surface area contributed by atoms with Gasteiger partial charge in [0.2, 0.25) is 0 Å². The van der Waals surface area contributed by atoms with E-state index < -0.39 is 0 Å². The molecule has 21 heavy (non-hydrogen) atoms. The summed E-state index contributed by atoms with van der Waals surface area (Å²) in [5.41, 5.74) is 1.54. The molecule has 2 aliphatic rings. The van der Waals surface area contributed by atoms with Gasteiger partial charge in [-0.25, -0.2) is 0 Å². The SMILES string of the molecule is [B]C1CCC(C=CC2CCC(c3ccccc3)CC2)CC1. The van der Waals surface area contributed by atoms with Crippen LogP contribution in [0.2, 0.25) is 5.82 Å². The van der Waals surface area contributed by atoms with Gasteiger partial charge in [0.05, 0.1) is 7.85 Å². The summed E-state index contributed by atoms with van der Waals surface area (Å²) < 4.78 is 0. The van der Waals surface area contributed by atoms with E-state index in [0.29, 0.717) is 5.82 Å². The zero-order valence-electron chi connectivity index (χ0n) is 13.1. The van der Waals surface area contributed by atoms with Crippen LogP contribution in [0.15, 0.2) is 42.5 Å². The van der Waals surface area contributed by atoms with E-state index in [-0.39, 0.29) is 0 Å². The molecule has 2 aliphatic carbocycles. The molecule has 110 valence electrons. The second-order valence-corrected chi connectivity index (χ2v) is 7.08. The van der Waals surface area contributed by atoms with Crippen LogP contribution in [0.25, 0.3) is 0 Å². The molecule has 0 spiro atoms. The van der Waals surface area contributed by atoms with Gasteiger partial charge < -0.3 is 0 Å². The zero-order valence-corrected chi connectivity index (χ0v) is 13.1. The minimum atomic E-state index is 0.468. The van der Waals surface area contributed by atoms with Gasteiger partial charge in [0.15, 0.2) is 0 Å². The molecule has 0 atom stereocenters. The van der Waals surface area contributed by atoms with Crippen molar-refractivity contribution in [3.63, 3.8) is 0 Å². The lowest BCUT2D eigenvalue weighted by molar-refractivity contribution is 0.370. The van der Waals surface area contributed by atoms with Gasteiger partial charge >= 0.3 is 0 Å². The standard InChI is InChI=1S/C20H27B/c21-20-14-10-17(11-15-20)7-6-16-8-12-19(13-9-16)18-4-2-1-3-5-18/h1-7,16-17,19-20H,8-15H2. The van der Waals surface area contributed by atoms with Crippen LogP contribution in [0, 0.1) is 11.8 Å². The average Bonchev–Trinajstić information content (AvgIpc) is 2.56. The highest BCUT2D eigenvalue weighted by Gasteiger charge is 2.21. The summed E-state index contributed by atoms with van der Waals surface area (Å²) in [5.74, 6) is 2.89. The second kappa shape index (κ2) is 7.34. The normalized spacial score (nSPS) is 34.1. The molecule has 0 amide bonds. The van der Waals surface area contributed by atoms with E-state index in [1.807, 2.05) is 0 Å². The van der Waals surface area contributed by atoms with Crippen molar-refractivity contribution in [1.82, 2.24) is 0 Å². The Kier molecular flexibility index (Phi) is 5.22. The molecular formula is C20H27B. The van der Waals surface area contributed by atoms with E-state index in [1.165, 1.54) is 51.4 Å². The predicted molar refractivity (Wildman–Crippen MR) is 91.7 cm³/mol. The van der Waals surface area contributed by atoms with Gasteiger partial charge in [0.25, 0.3) is 0 Å². The van der Waals surface area contributed by atoms with Crippen LogP contribution in [0.5, 0.6) is 0 Å². The molecule has 1 aromatic carbocycles. The minimum Gasteiger partial charge on any atom is -0.0851 e. The average molecular weight is 278 g/mol. The van der Waals surface area contributed by atoms with Crippen molar-refractivity contribution in [2.75, 3.05) is 0 Å². The van der Waals surface area contributed by atoms with E-state index in [1.54, 1.807) is 5.56 Å². The fourth-order valence-corrected chi connectivity index (χ4v) is 4.02. The lowest BCUT2D eigenvalue weighted by atomic mass is 9.71. The molecule has 0 bridgehead atoms. The Hall–Kier alpha value is -0.975. The second-order valence-electron chi connectivity index (χ2n) is 7.08. The highest BCUT2D eigenvalue weighted by atomic mass is 14.3. The Morgan fingerprint density at radius 1 is 0.714 bits per heavy atom. The predicted octanol–water partition coefficient (Wildman–Crippen LogP) is 5.66. The molecule has 0 saturated heterocycles. The summed E-state index contributed by atoms with van der Waals surface area (Å²) >= 11 is 0. The van der Waals surface area contributed by atoms with Crippen molar-refractivity contribution in [3.05, 3.63) is 48.0 Å². The van der Waals surface area contributed by atoms with Gasteiger partial charge in [-0.3, -0.25) is 0 Å². The van der Waals surface area contributed by atoms with Crippen LogP contribution in [0.3, 0.4) is 0 Å². The quantitative estimate of drug-likeness (QED) is 0.494. The lowest BCUT2D eigenvalue weighted by Crippen LogP contribution is -2.13. The summed E-state index contributed by atoms with van der Waals surface area (Å²) in [6.07, 6.45) is 15.5. The van der Waals surface area contributed by atoms with Gasteiger partial charge in [0, 0.05) is 0 Å². The first-order chi connectivity index (χ1) is 10.3. The number of hydrogen-bond acceptors (Lipinski definition) is 0. The van der Waals surface area contributed by atoms with E-state index in [9.17, 15) is 0 Å². The highest BCUT2D eigenvalue weighted by Crippen LogP contribution is 2.37. The molecule has 2 fully saturated rings. The van der Waals surface area contributed by atoms with E-state index in [2.05, 4.69) is 42.5 Å². The van der Waals surface area contributed by atoms with Crippen LogP contribution in [0.4, 0.5) is 0 Å². The molecule has 1 aromatic rings. The van der Waals surface area contributed by atoms with Crippen molar-refractivity contribution < 1.29 is 0 Å². The first kappa shape index (κ1) is 14.9. The Morgan fingerprint density at radius 3 is 1.81 bits per heavy atom. The summed E-state index contributed by atoms with van der Waals surface area (Å²) in [6, 6.07) is 11.1. The van der Waals surface area contributed by atoms with Crippen LogP contribution < -0.4 is 0 Å². The topological polar surface area (TPSA) is 0 Å². The fourth-order valence-electron chi connectivity index (χ4n) is 4.02. The van der Waals surface area contributed by atoms with Crippen molar-refractivity contribution >= 4 is 7.85 Å². The van der Waals surface area contributed by atoms with Crippen molar-refractivity contribution in [2.45, 2.75) is 63.1 Å². The first-order valence-electron chi connectivity index (χ1n) is 8.80. The maximum absolute atomic E-state index is 5.98. The zero-order chi connectivity index (χ0) is 14.5. The van der Waals surface area contributed by atoms with E-state index in [0.717, 1.165) is 17.8 Å². The summed E-state index contributed by atoms with van der Waals surface area (Å²) in [7, 11) is 5.98. The first-order valence-corrected chi connectivity index (χ1v) is 8.80. The number of hydrogen-bond donors (Lipinski definition) is 0. The lowest BCUT2D eigenvalue weighted by Gasteiger charge is -2.28. The molecule has 0 aliphatic heterocycles. The van der Waals surface area contributed by atoms with E-state index >= 15 is 0 Å². The summed E-state index contributed by atoms with van der Waals surface area (Å²) in [5, 5.41) is 0. The summed E-state index contributed by atoms with van der Waals surface area (Å²) in [6.45, 7) is 0. The molecule has 0 N–H and O–H groups in total. The third kappa shape index (κ3) is 4.25. The van der Waals surface area contributed by atoms with Gasteiger partial charge in [-0.2, -0.15) is 0 Å². The number of allylic oxidation sites excluding steroid dienone is 2. The van der Waals surface area contributed by atoms with Gasteiger partial charge in [-0.15, -0.1) is 0 Å². The Labute approximate surface area is 131 Å². The number of rotatable bonds is 3. The third-order valence-corrected chi connectivity index (χ3v) is 5.51. The van der Waals surface area contributed by atoms with Crippen LogP contribution in [0.1, 0.15) is 62.8 Å². The van der Waals surface area contributed by atoms with Gasteiger partial charge in [-0.1, -0.05) is 61.1 Å². The maximum atomic E-state index is 5.98. The fraction of sp³-hybridized carbons (Fsp3) is 0.600. The Morgan fingerprint density at radius 2 is 1.24 bits per heavy atom. The Balaban J connectivity index is 1.45. The molecular weight excluding hydrogens is 251 g/mol. The van der Waals surface area contributed by atoms with Crippen LogP contribution >= 0.6 is 0 Å². The molecule has 0 aromatic heterocycles. The van der Waals surface area contributed by atoms with Crippen molar-refractivity contribution in [2.24, 2.45) is 11.8 Å². The molecule has 0 unspecified atom stereocenters. The highest BCUT2D eigenvalue weighted by molar-refractivity contribution is 6.11. The van der Waals surface area contributed by atoms with E-state index in [4.69, 9.17) is 7.85 Å². The number of benzene rings is 1. The molecule has 2 radical (unpaired) electrons. The molecule has 1 heteroatoms. The van der Waals surface area contributed by atoms with Gasteiger partial charge in [-0.05, 0) is 61.8 Å². The maximum Gasteiger partial charge on any atom is 0.0699 e. The Bertz CT molecular complexity index is 434. The smallest absolute Gasteiger partial charge is 0.0699 e. The van der Waals surface area contributed by atoms with Crippen LogP contribution in [-0.2, 0) is 0 Å². The van der Waals surface area contributed by atoms with Crippen molar-refractivity contribution in [1.29, 1.82) is 0 Å². The molecule has 0 nitrogen and oxygen atoms in total. The molecule has 2 saturated carbocycles. The minimum absolute atomic E-state index is 0.468. The molecule has 3 rings (SSSR count). The summed E-state index contributed by atoms with van der Waals surface area (Å²) in [4.78, 5) is 0.